The van der Waals surface area contributed by atoms with Gasteiger partial charge in [0.1, 0.15) is 17.0 Å². The Labute approximate surface area is 173 Å². The van der Waals surface area contributed by atoms with Gasteiger partial charge in [-0.25, -0.2) is 27.8 Å². The summed E-state index contributed by atoms with van der Waals surface area (Å²) in [4.78, 5) is 8.29. The fraction of sp³-hybridized carbons (Fsp3) is 0.235. The number of benzene rings is 1. The lowest BCUT2D eigenvalue weighted by atomic mass is 10.2. The maximum absolute atomic E-state index is 12.5. The van der Waals surface area contributed by atoms with E-state index >= 15 is 0 Å². The van der Waals surface area contributed by atoms with E-state index in [2.05, 4.69) is 25.1 Å². The molecular formula is C17H18Cl2N6O2S. The minimum absolute atomic E-state index is 0.00515. The maximum Gasteiger partial charge on any atom is 0.242 e. The molecule has 11 heteroatoms. The molecule has 0 saturated carbocycles. The van der Waals surface area contributed by atoms with Crippen LogP contribution >= 0.6 is 23.2 Å². The minimum Gasteiger partial charge on any atom is -0.369 e. The smallest absolute Gasteiger partial charge is 0.242 e. The average molecular weight is 441 g/mol. The summed E-state index contributed by atoms with van der Waals surface area (Å²) in [7, 11) is -3.76. The summed E-state index contributed by atoms with van der Waals surface area (Å²) in [6.07, 6.45) is 3.21. The first kappa shape index (κ1) is 20.5. The number of nitrogens with zero attached hydrogens (tertiary/aromatic N) is 4. The van der Waals surface area contributed by atoms with Gasteiger partial charge in [0, 0.05) is 30.4 Å². The number of anilines is 1. The standard InChI is InChI=1S/C17H18Cl2N6O2S/c1-11-7-15(14(19)8-13(11)18)28(26,27)23-5-4-20-16-9-17(22-10-21-16)25-6-3-12(2)24-25/h3,6-10,23H,4-5H2,1-2H3,(H,20,21,22). The molecule has 148 valence electrons. The topological polar surface area (TPSA) is 102 Å². The molecule has 0 saturated heterocycles. The first-order chi connectivity index (χ1) is 13.3. The molecule has 2 aromatic heterocycles. The Bertz CT molecular complexity index is 1100. The Morgan fingerprint density at radius 2 is 1.86 bits per heavy atom. The van der Waals surface area contributed by atoms with E-state index in [4.69, 9.17) is 23.2 Å². The Kier molecular flexibility index (Phi) is 6.19. The molecule has 0 aliphatic rings. The number of hydrogen-bond donors (Lipinski definition) is 2. The van der Waals surface area contributed by atoms with Crippen LogP contribution in [-0.2, 0) is 10.0 Å². The molecular weight excluding hydrogens is 423 g/mol. The highest BCUT2D eigenvalue weighted by molar-refractivity contribution is 7.89. The van der Waals surface area contributed by atoms with Crippen molar-refractivity contribution >= 4 is 39.0 Å². The van der Waals surface area contributed by atoms with E-state index in [0.29, 0.717) is 28.8 Å². The largest absolute Gasteiger partial charge is 0.369 e. The normalized spacial score (nSPS) is 11.6. The molecule has 0 spiro atoms. The van der Waals surface area contributed by atoms with E-state index < -0.39 is 10.0 Å². The van der Waals surface area contributed by atoms with Crippen LogP contribution in [0.25, 0.3) is 5.82 Å². The van der Waals surface area contributed by atoms with E-state index in [1.807, 2.05) is 13.0 Å². The lowest BCUT2D eigenvalue weighted by Crippen LogP contribution is -2.29. The first-order valence-electron chi connectivity index (χ1n) is 8.30. The summed E-state index contributed by atoms with van der Waals surface area (Å²) in [6, 6.07) is 6.46. The van der Waals surface area contributed by atoms with Crippen LogP contribution in [-0.4, -0.2) is 41.3 Å². The molecule has 2 heterocycles. The Morgan fingerprint density at radius 3 is 2.57 bits per heavy atom. The zero-order valence-electron chi connectivity index (χ0n) is 15.1. The summed E-state index contributed by atoms with van der Waals surface area (Å²) in [6.45, 7) is 4.06. The van der Waals surface area contributed by atoms with Gasteiger partial charge in [-0.2, -0.15) is 5.10 Å². The minimum atomic E-state index is -3.76. The Hall–Kier alpha value is -2.20. The van der Waals surface area contributed by atoms with Crippen molar-refractivity contribution < 1.29 is 8.42 Å². The fourth-order valence-corrected chi connectivity index (χ4v) is 4.26. The zero-order chi connectivity index (χ0) is 20.3. The van der Waals surface area contributed by atoms with Gasteiger partial charge < -0.3 is 5.32 Å². The summed E-state index contributed by atoms with van der Waals surface area (Å²) in [5.74, 6) is 1.16. The third kappa shape index (κ3) is 4.79. The van der Waals surface area contributed by atoms with Gasteiger partial charge in [0.15, 0.2) is 5.82 Å². The van der Waals surface area contributed by atoms with Crippen LogP contribution in [0.2, 0.25) is 10.0 Å². The van der Waals surface area contributed by atoms with Gasteiger partial charge in [-0.1, -0.05) is 23.2 Å². The van der Waals surface area contributed by atoms with E-state index in [0.717, 1.165) is 5.69 Å². The number of sulfonamides is 1. The molecule has 0 fully saturated rings. The van der Waals surface area contributed by atoms with Crippen LogP contribution in [0.1, 0.15) is 11.3 Å². The second-order valence-electron chi connectivity index (χ2n) is 6.02. The van der Waals surface area contributed by atoms with Crippen LogP contribution in [0, 0.1) is 13.8 Å². The van der Waals surface area contributed by atoms with Gasteiger partial charge in [-0.3, -0.25) is 0 Å². The maximum atomic E-state index is 12.5. The van der Waals surface area contributed by atoms with E-state index in [9.17, 15) is 8.42 Å². The highest BCUT2D eigenvalue weighted by atomic mass is 35.5. The summed E-state index contributed by atoms with van der Waals surface area (Å²) >= 11 is 12.0. The molecule has 0 unspecified atom stereocenters. The van der Waals surface area contributed by atoms with Crippen LogP contribution < -0.4 is 10.0 Å². The van der Waals surface area contributed by atoms with Crippen LogP contribution in [0.3, 0.4) is 0 Å². The van der Waals surface area contributed by atoms with Crippen LogP contribution in [0.4, 0.5) is 5.82 Å². The molecule has 2 N–H and O–H groups in total. The molecule has 3 aromatic rings. The fourth-order valence-electron chi connectivity index (χ4n) is 2.40. The summed E-state index contributed by atoms with van der Waals surface area (Å²) < 4.78 is 29.1. The van der Waals surface area contributed by atoms with Crippen LogP contribution in [0.5, 0.6) is 0 Å². The summed E-state index contributed by atoms with van der Waals surface area (Å²) in [5, 5.41) is 7.83. The van der Waals surface area contributed by atoms with Crippen molar-refractivity contribution in [2.24, 2.45) is 0 Å². The number of hydrogen-bond acceptors (Lipinski definition) is 6. The van der Waals surface area contributed by atoms with E-state index in [1.54, 1.807) is 23.9 Å². The number of rotatable bonds is 7. The van der Waals surface area contributed by atoms with Gasteiger partial charge in [0.2, 0.25) is 10.0 Å². The van der Waals surface area contributed by atoms with Gasteiger partial charge in [-0.05, 0) is 37.6 Å². The molecule has 28 heavy (non-hydrogen) atoms. The first-order valence-corrected chi connectivity index (χ1v) is 10.5. The molecule has 0 aliphatic heterocycles. The second kappa shape index (κ2) is 8.44. The lowest BCUT2D eigenvalue weighted by Gasteiger charge is -2.11. The number of nitrogens with one attached hydrogen (secondary N) is 2. The predicted octanol–water partition coefficient (Wildman–Crippen LogP) is 2.98. The monoisotopic (exact) mass is 440 g/mol. The van der Waals surface area contributed by atoms with Crippen molar-refractivity contribution in [3.8, 4) is 5.82 Å². The van der Waals surface area contributed by atoms with Crippen molar-refractivity contribution in [2.45, 2.75) is 18.7 Å². The van der Waals surface area contributed by atoms with Crippen molar-refractivity contribution in [1.82, 2.24) is 24.5 Å². The van der Waals surface area contributed by atoms with Crippen molar-refractivity contribution in [1.29, 1.82) is 0 Å². The quantitative estimate of drug-likeness (QED) is 0.547. The van der Waals surface area contributed by atoms with Gasteiger partial charge in [0.25, 0.3) is 0 Å². The van der Waals surface area contributed by atoms with Crippen LogP contribution in [0.15, 0.2) is 41.7 Å². The third-order valence-electron chi connectivity index (χ3n) is 3.84. The molecule has 0 aliphatic carbocycles. The average Bonchev–Trinajstić information content (AvgIpc) is 3.08. The molecule has 1 aromatic carbocycles. The molecule has 0 atom stereocenters. The van der Waals surface area contributed by atoms with E-state index in [-0.39, 0.29) is 16.5 Å². The highest BCUT2D eigenvalue weighted by Gasteiger charge is 2.18. The second-order valence-corrected chi connectivity index (χ2v) is 8.57. The molecule has 8 nitrogen and oxygen atoms in total. The third-order valence-corrected chi connectivity index (χ3v) is 6.17. The predicted molar refractivity (Wildman–Crippen MR) is 109 cm³/mol. The Balaban J connectivity index is 1.61. The van der Waals surface area contributed by atoms with Gasteiger partial charge in [-0.15, -0.1) is 0 Å². The number of halogens is 2. The zero-order valence-corrected chi connectivity index (χ0v) is 17.5. The van der Waals surface area contributed by atoms with E-state index in [1.165, 1.54) is 18.5 Å². The van der Waals surface area contributed by atoms with Crippen molar-refractivity contribution in [3.05, 3.63) is 58.1 Å². The highest BCUT2D eigenvalue weighted by Crippen LogP contribution is 2.27. The van der Waals surface area contributed by atoms with Crippen molar-refractivity contribution in [2.75, 3.05) is 18.4 Å². The number of aromatic nitrogens is 4. The summed E-state index contributed by atoms with van der Waals surface area (Å²) in [5.41, 5.74) is 1.51. The van der Waals surface area contributed by atoms with Crippen molar-refractivity contribution in [3.63, 3.8) is 0 Å². The van der Waals surface area contributed by atoms with Gasteiger partial charge >= 0.3 is 0 Å². The lowest BCUT2D eigenvalue weighted by molar-refractivity contribution is 0.583. The molecule has 0 radical (unpaired) electrons. The van der Waals surface area contributed by atoms with Gasteiger partial charge in [0.05, 0.1) is 10.7 Å². The SMILES string of the molecule is Cc1ccn(-c2cc(NCCNS(=O)(=O)c3cc(C)c(Cl)cc3Cl)ncn2)n1. The number of aryl methyl sites for hydroxylation is 2. The molecule has 0 amide bonds. The molecule has 0 bridgehead atoms. The Morgan fingerprint density at radius 1 is 1.07 bits per heavy atom. The molecule has 3 rings (SSSR count).